The number of aromatic nitrogens is 2. The number of ether oxygens (including phenoxy) is 1. The molecule has 5 nitrogen and oxygen atoms in total. The molecule has 0 unspecified atom stereocenters. The zero-order valence-electron chi connectivity index (χ0n) is 9.93. The minimum atomic E-state index is -0.180. The van der Waals surface area contributed by atoms with Gasteiger partial charge in [0, 0.05) is 20.7 Å². The maximum Gasteiger partial charge on any atom is 0.287 e. The van der Waals surface area contributed by atoms with Gasteiger partial charge in [-0.05, 0) is 12.1 Å². The number of nitrogens with one attached hydrogen (secondary N) is 1. The first-order valence-electron chi connectivity index (χ1n) is 5.42. The summed E-state index contributed by atoms with van der Waals surface area (Å²) in [5.74, 6) is 0.239. The summed E-state index contributed by atoms with van der Waals surface area (Å²) in [5, 5.41) is 2.75. The Morgan fingerprint density at radius 2 is 2.24 bits per heavy atom. The van der Waals surface area contributed by atoms with Crippen molar-refractivity contribution in [2.45, 2.75) is 0 Å². The van der Waals surface area contributed by atoms with Crippen LogP contribution in [0.2, 0.25) is 0 Å². The van der Waals surface area contributed by atoms with Gasteiger partial charge in [-0.15, -0.1) is 0 Å². The summed E-state index contributed by atoms with van der Waals surface area (Å²) < 4.78 is 6.66. The maximum absolute atomic E-state index is 11.9. The Balaban J connectivity index is 2.23. The summed E-state index contributed by atoms with van der Waals surface area (Å²) in [6, 6.07) is 7.66. The Labute approximate surface area is 99.4 Å². The van der Waals surface area contributed by atoms with Crippen LogP contribution in [-0.4, -0.2) is 35.7 Å². The van der Waals surface area contributed by atoms with Gasteiger partial charge in [0.1, 0.15) is 0 Å². The van der Waals surface area contributed by atoms with Crippen LogP contribution in [-0.2, 0) is 11.8 Å². The number of nitrogens with zero attached hydrogens (tertiary/aromatic N) is 2. The Bertz CT molecular complexity index is 534. The largest absolute Gasteiger partial charge is 0.383 e. The molecule has 90 valence electrons. The van der Waals surface area contributed by atoms with E-state index in [2.05, 4.69) is 10.3 Å². The third-order valence-electron chi connectivity index (χ3n) is 2.58. The van der Waals surface area contributed by atoms with E-state index in [9.17, 15) is 4.79 Å². The van der Waals surface area contributed by atoms with Crippen LogP contribution >= 0.6 is 0 Å². The lowest BCUT2D eigenvalue weighted by atomic mass is 10.3. The van der Waals surface area contributed by atoms with Gasteiger partial charge in [0.15, 0.2) is 5.82 Å². The van der Waals surface area contributed by atoms with Gasteiger partial charge >= 0.3 is 0 Å². The van der Waals surface area contributed by atoms with Gasteiger partial charge in [-0.1, -0.05) is 12.1 Å². The minimum absolute atomic E-state index is 0.180. The predicted molar refractivity (Wildman–Crippen MR) is 64.9 cm³/mol. The first-order valence-corrected chi connectivity index (χ1v) is 5.42. The van der Waals surface area contributed by atoms with Crippen molar-refractivity contribution in [3.63, 3.8) is 0 Å². The van der Waals surface area contributed by atoms with E-state index in [1.54, 1.807) is 11.7 Å². The average Bonchev–Trinajstić information content (AvgIpc) is 2.68. The van der Waals surface area contributed by atoms with Crippen molar-refractivity contribution in [3.8, 4) is 0 Å². The Morgan fingerprint density at radius 3 is 2.94 bits per heavy atom. The first-order chi connectivity index (χ1) is 8.24. The zero-order chi connectivity index (χ0) is 12.3. The molecule has 5 heteroatoms. The van der Waals surface area contributed by atoms with Crippen LogP contribution in [0.25, 0.3) is 11.0 Å². The van der Waals surface area contributed by atoms with E-state index in [0.29, 0.717) is 19.0 Å². The molecule has 0 atom stereocenters. The van der Waals surface area contributed by atoms with Crippen LogP contribution in [0.1, 0.15) is 10.6 Å². The molecule has 0 bridgehead atoms. The summed E-state index contributed by atoms with van der Waals surface area (Å²) in [6.07, 6.45) is 0. The molecular weight excluding hydrogens is 218 g/mol. The number of imidazole rings is 1. The van der Waals surface area contributed by atoms with Crippen molar-refractivity contribution in [2.75, 3.05) is 20.3 Å². The first kappa shape index (κ1) is 11.6. The number of carbonyl (C=O) groups excluding carboxylic acids is 1. The van der Waals surface area contributed by atoms with E-state index < -0.39 is 0 Å². The van der Waals surface area contributed by atoms with Gasteiger partial charge in [0.05, 0.1) is 17.6 Å². The molecule has 17 heavy (non-hydrogen) atoms. The fraction of sp³-hybridized carbons (Fsp3) is 0.333. The molecular formula is C12H15N3O2. The van der Waals surface area contributed by atoms with E-state index >= 15 is 0 Å². The van der Waals surface area contributed by atoms with Crippen molar-refractivity contribution >= 4 is 16.9 Å². The van der Waals surface area contributed by atoms with E-state index in [0.717, 1.165) is 11.0 Å². The monoisotopic (exact) mass is 233 g/mol. The van der Waals surface area contributed by atoms with Crippen molar-refractivity contribution in [3.05, 3.63) is 30.1 Å². The number of para-hydroxylation sites is 2. The van der Waals surface area contributed by atoms with Gasteiger partial charge in [-0.2, -0.15) is 0 Å². The summed E-state index contributed by atoms with van der Waals surface area (Å²) in [6.45, 7) is 0.980. The van der Waals surface area contributed by atoms with Gasteiger partial charge in [-0.3, -0.25) is 4.79 Å². The van der Waals surface area contributed by atoms with Crippen molar-refractivity contribution in [1.29, 1.82) is 0 Å². The van der Waals surface area contributed by atoms with Crippen LogP contribution < -0.4 is 5.32 Å². The highest BCUT2D eigenvalue weighted by Crippen LogP contribution is 2.13. The lowest BCUT2D eigenvalue weighted by Gasteiger charge is -2.04. The van der Waals surface area contributed by atoms with Crippen LogP contribution in [0.3, 0.4) is 0 Å². The number of rotatable bonds is 4. The number of hydrogen-bond donors (Lipinski definition) is 1. The number of carbonyl (C=O) groups is 1. The molecule has 1 amide bonds. The van der Waals surface area contributed by atoms with E-state index in [4.69, 9.17) is 4.74 Å². The summed E-state index contributed by atoms with van der Waals surface area (Å²) >= 11 is 0. The smallest absolute Gasteiger partial charge is 0.287 e. The van der Waals surface area contributed by atoms with Crippen LogP contribution in [0, 0.1) is 0 Å². The molecule has 0 radical (unpaired) electrons. The third kappa shape index (κ3) is 2.29. The van der Waals surface area contributed by atoms with Crippen molar-refractivity contribution in [1.82, 2.24) is 14.9 Å². The van der Waals surface area contributed by atoms with Crippen LogP contribution in [0.5, 0.6) is 0 Å². The fourth-order valence-electron chi connectivity index (χ4n) is 1.69. The Kier molecular flexibility index (Phi) is 3.39. The summed E-state index contributed by atoms with van der Waals surface area (Å²) in [4.78, 5) is 16.2. The number of hydrogen-bond acceptors (Lipinski definition) is 3. The molecule has 1 N–H and O–H groups in total. The van der Waals surface area contributed by atoms with Crippen molar-refractivity contribution in [2.24, 2.45) is 7.05 Å². The summed E-state index contributed by atoms with van der Waals surface area (Å²) in [7, 11) is 3.43. The molecule has 2 aromatic rings. The van der Waals surface area contributed by atoms with Crippen molar-refractivity contribution < 1.29 is 9.53 Å². The van der Waals surface area contributed by atoms with Gasteiger partial charge in [0.2, 0.25) is 0 Å². The Hall–Kier alpha value is -1.88. The molecule has 1 heterocycles. The normalized spacial score (nSPS) is 10.7. The molecule has 1 aromatic heterocycles. The zero-order valence-corrected chi connectivity index (χ0v) is 9.93. The highest BCUT2D eigenvalue weighted by molar-refractivity contribution is 5.94. The number of aryl methyl sites for hydroxylation is 1. The average molecular weight is 233 g/mol. The third-order valence-corrected chi connectivity index (χ3v) is 2.58. The van der Waals surface area contributed by atoms with Crippen LogP contribution in [0.4, 0.5) is 0 Å². The van der Waals surface area contributed by atoms with E-state index in [1.807, 2.05) is 31.3 Å². The molecule has 0 saturated carbocycles. The number of fused-ring (bicyclic) bond motifs is 1. The second-order valence-corrected chi connectivity index (χ2v) is 3.73. The summed E-state index contributed by atoms with van der Waals surface area (Å²) in [5.41, 5.74) is 1.77. The quantitative estimate of drug-likeness (QED) is 0.800. The standard InChI is InChI=1S/C12H15N3O2/c1-15-10-6-4-3-5-9(10)14-11(15)12(16)13-7-8-17-2/h3-6H,7-8H2,1-2H3,(H,13,16). The lowest BCUT2D eigenvalue weighted by molar-refractivity contribution is 0.0924. The highest BCUT2D eigenvalue weighted by Gasteiger charge is 2.14. The maximum atomic E-state index is 11.9. The van der Waals surface area contributed by atoms with E-state index in [1.165, 1.54) is 0 Å². The second-order valence-electron chi connectivity index (χ2n) is 3.73. The van der Waals surface area contributed by atoms with Gasteiger partial charge < -0.3 is 14.6 Å². The topological polar surface area (TPSA) is 56.1 Å². The second kappa shape index (κ2) is 4.97. The highest BCUT2D eigenvalue weighted by atomic mass is 16.5. The SMILES string of the molecule is COCCNC(=O)c1nc2ccccc2n1C. The van der Waals surface area contributed by atoms with Crippen LogP contribution in [0.15, 0.2) is 24.3 Å². The number of amides is 1. The van der Waals surface area contributed by atoms with E-state index in [-0.39, 0.29) is 5.91 Å². The predicted octanol–water partition coefficient (Wildman–Crippen LogP) is 0.950. The number of benzene rings is 1. The van der Waals surface area contributed by atoms with Gasteiger partial charge in [0.25, 0.3) is 5.91 Å². The molecule has 1 aromatic carbocycles. The molecule has 0 fully saturated rings. The molecule has 2 rings (SSSR count). The van der Waals surface area contributed by atoms with Gasteiger partial charge in [-0.25, -0.2) is 4.98 Å². The molecule has 0 aliphatic heterocycles. The minimum Gasteiger partial charge on any atom is -0.383 e. The molecule has 0 aliphatic carbocycles. The molecule has 0 spiro atoms. The fourth-order valence-corrected chi connectivity index (χ4v) is 1.69. The number of methoxy groups -OCH3 is 1. The Morgan fingerprint density at radius 1 is 1.47 bits per heavy atom. The molecule has 0 aliphatic rings. The molecule has 0 saturated heterocycles. The lowest BCUT2D eigenvalue weighted by Crippen LogP contribution is -2.29.